The van der Waals surface area contributed by atoms with E-state index >= 15 is 0 Å². The highest BCUT2D eigenvalue weighted by Crippen LogP contribution is 2.14. The van der Waals surface area contributed by atoms with Crippen molar-refractivity contribution >= 4 is 0 Å². The van der Waals surface area contributed by atoms with Crippen LogP contribution in [0.25, 0.3) is 0 Å². The Labute approximate surface area is 215 Å². The summed E-state index contributed by atoms with van der Waals surface area (Å²) in [4.78, 5) is 0. The zero-order valence-electron chi connectivity index (χ0n) is 25.5. The summed E-state index contributed by atoms with van der Waals surface area (Å²) in [6.45, 7) is 37.9. The van der Waals surface area contributed by atoms with Crippen molar-refractivity contribution < 1.29 is 5.11 Å². The molecular formula is C31H73NO. The van der Waals surface area contributed by atoms with Gasteiger partial charge >= 0.3 is 0 Å². The molecule has 0 rings (SSSR count). The SMILES string of the molecule is C.C=C(C)CCCC(=C)C(=C)C.CC.CC.CCC.CCCC(C)CCC.CCNC.CO. The molecule has 0 aliphatic carbocycles. The lowest BCUT2D eigenvalue weighted by Gasteiger charge is -2.05. The van der Waals surface area contributed by atoms with E-state index in [0.717, 1.165) is 44.4 Å². The molecule has 0 aliphatic heterocycles. The van der Waals surface area contributed by atoms with Crippen LogP contribution in [-0.2, 0) is 0 Å². The number of aliphatic hydroxyl groups is 1. The zero-order chi connectivity index (χ0) is 27.4. The Morgan fingerprint density at radius 3 is 1.27 bits per heavy atom. The Hall–Kier alpha value is -0.860. The van der Waals surface area contributed by atoms with Crippen LogP contribution in [-0.4, -0.2) is 25.8 Å². The maximum Gasteiger partial charge on any atom is 0.0319 e. The summed E-state index contributed by atoms with van der Waals surface area (Å²) in [7, 11) is 2.93. The van der Waals surface area contributed by atoms with Crippen LogP contribution >= 0.6 is 0 Å². The van der Waals surface area contributed by atoms with Gasteiger partial charge in [-0.1, -0.05) is 139 Å². The minimum atomic E-state index is 0. The summed E-state index contributed by atoms with van der Waals surface area (Å²) in [5.41, 5.74) is 3.53. The number of rotatable bonds is 10. The van der Waals surface area contributed by atoms with Gasteiger partial charge in [-0.05, 0) is 52.6 Å². The van der Waals surface area contributed by atoms with Gasteiger partial charge in [0.15, 0.2) is 0 Å². The van der Waals surface area contributed by atoms with Gasteiger partial charge in [0.2, 0.25) is 0 Å². The van der Waals surface area contributed by atoms with Gasteiger partial charge in [0.1, 0.15) is 0 Å². The van der Waals surface area contributed by atoms with Gasteiger partial charge < -0.3 is 10.4 Å². The maximum atomic E-state index is 7.00. The quantitative estimate of drug-likeness (QED) is 0.243. The summed E-state index contributed by atoms with van der Waals surface area (Å²) < 4.78 is 0. The molecule has 2 nitrogen and oxygen atoms in total. The highest BCUT2D eigenvalue weighted by Gasteiger charge is 1.96. The van der Waals surface area contributed by atoms with Crippen molar-refractivity contribution in [3.8, 4) is 0 Å². The first kappa shape index (κ1) is 53.5. The van der Waals surface area contributed by atoms with Crippen molar-refractivity contribution in [1.82, 2.24) is 5.32 Å². The number of allylic oxidation sites excluding steroid dienone is 3. The van der Waals surface area contributed by atoms with E-state index in [2.05, 4.69) is 73.5 Å². The van der Waals surface area contributed by atoms with Crippen LogP contribution in [0.1, 0.15) is 142 Å². The van der Waals surface area contributed by atoms with E-state index in [0.29, 0.717) is 0 Å². The lowest BCUT2D eigenvalue weighted by Crippen LogP contribution is -2.01. The van der Waals surface area contributed by atoms with E-state index in [1.807, 2.05) is 41.7 Å². The lowest BCUT2D eigenvalue weighted by molar-refractivity contribution is 0.399. The van der Waals surface area contributed by atoms with E-state index in [4.69, 9.17) is 5.11 Å². The van der Waals surface area contributed by atoms with Crippen LogP contribution in [0.2, 0.25) is 0 Å². The molecule has 2 N–H and O–H groups in total. The predicted octanol–water partition coefficient (Wildman–Crippen LogP) is 11.0. The molecule has 0 saturated carbocycles. The molecule has 0 amide bonds. The fraction of sp³-hybridized carbons (Fsp3) is 0.806. The minimum Gasteiger partial charge on any atom is -0.400 e. The number of hydrogen-bond acceptors (Lipinski definition) is 2. The Morgan fingerprint density at radius 1 is 0.788 bits per heavy atom. The summed E-state index contributed by atoms with van der Waals surface area (Å²) in [6, 6.07) is 0. The third kappa shape index (κ3) is 102. The molecule has 2 heteroatoms. The van der Waals surface area contributed by atoms with Gasteiger partial charge in [0.25, 0.3) is 0 Å². The van der Waals surface area contributed by atoms with E-state index < -0.39 is 0 Å². The van der Waals surface area contributed by atoms with Crippen LogP contribution in [0.3, 0.4) is 0 Å². The maximum absolute atomic E-state index is 7.00. The molecule has 0 aromatic heterocycles. The Balaban J connectivity index is -0.0000000417. The van der Waals surface area contributed by atoms with Gasteiger partial charge in [-0.15, -0.1) is 6.58 Å². The smallest absolute Gasteiger partial charge is 0.0319 e. The Bertz CT molecular complexity index is 300. The van der Waals surface area contributed by atoms with Crippen molar-refractivity contribution in [1.29, 1.82) is 0 Å². The molecule has 0 heterocycles. The van der Waals surface area contributed by atoms with Gasteiger partial charge in [-0.2, -0.15) is 0 Å². The van der Waals surface area contributed by atoms with Gasteiger partial charge in [0.05, 0.1) is 0 Å². The molecule has 0 unspecified atom stereocenters. The molecule has 33 heavy (non-hydrogen) atoms. The van der Waals surface area contributed by atoms with Crippen molar-refractivity contribution in [3.05, 3.63) is 36.5 Å². The average Bonchev–Trinajstić information content (AvgIpc) is 2.79. The second-order valence-corrected chi connectivity index (χ2v) is 7.29. The van der Waals surface area contributed by atoms with Crippen molar-refractivity contribution in [2.45, 2.75) is 142 Å². The summed E-state index contributed by atoms with van der Waals surface area (Å²) in [5, 5.41) is 9.93. The number of hydrogen-bond donors (Lipinski definition) is 2. The molecule has 0 bridgehead atoms. The van der Waals surface area contributed by atoms with Crippen molar-refractivity contribution in [2.75, 3.05) is 20.7 Å². The molecule has 0 fully saturated rings. The monoisotopic (exact) mass is 476 g/mol. The third-order valence-corrected chi connectivity index (χ3v) is 3.60. The second-order valence-electron chi connectivity index (χ2n) is 7.29. The average molecular weight is 476 g/mol. The predicted molar refractivity (Wildman–Crippen MR) is 165 cm³/mol. The first-order valence-electron chi connectivity index (χ1n) is 13.2. The molecule has 0 aromatic carbocycles. The fourth-order valence-electron chi connectivity index (χ4n) is 1.95. The van der Waals surface area contributed by atoms with Gasteiger partial charge in [-0.25, -0.2) is 0 Å². The van der Waals surface area contributed by atoms with Crippen molar-refractivity contribution in [2.24, 2.45) is 5.92 Å². The molecule has 0 aromatic rings. The van der Waals surface area contributed by atoms with Crippen molar-refractivity contribution in [3.63, 3.8) is 0 Å². The Kier molecular flexibility index (Phi) is 103. The molecule has 0 atom stereocenters. The normalized spacial score (nSPS) is 7.64. The molecule has 0 radical (unpaired) electrons. The molecule has 0 spiro atoms. The summed E-state index contributed by atoms with van der Waals surface area (Å²) in [5.74, 6) is 0.963. The lowest BCUT2D eigenvalue weighted by atomic mass is 10.0. The van der Waals surface area contributed by atoms with Gasteiger partial charge in [-0.3, -0.25) is 0 Å². The van der Waals surface area contributed by atoms with E-state index in [1.54, 1.807) is 0 Å². The third-order valence-electron chi connectivity index (χ3n) is 3.60. The van der Waals surface area contributed by atoms with Crippen LogP contribution in [0.5, 0.6) is 0 Å². The van der Waals surface area contributed by atoms with E-state index in [1.165, 1.54) is 43.3 Å². The van der Waals surface area contributed by atoms with Crippen LogP contribution in [0.4, 0.5) is 0 Å². The highest BCUT2D eigenvalue weighted by atomic mass is 16.2. The van der Waals surface area contributed by atoms with E-state index in [-0.39, 0.29) is 7.43 Å². The standard InChI is InChI=1S/C11H18.C8H18.C3H9N.C3H8.2C2H6.CH4O.CH4/c1-9(2)7-6-8-11(5)10(3)4;1-4-6-8(3)7-5-2;1-3-4-2;1-3-2;3*1-2;/h1,3,5-8H2,2,4H3;8H,4-7H2,1-3H3;4H,3H2,1-2H3;3H2,1-2H3;2*1-2H3;2H,1H3;1H4. The van der Waals surface area contributed by atoms with Crippen LogP contribution < -0.4 is 5.32 Å². The van der Waals surface area contributed by atoms with E-state index in [9.17, 15) is 0 Å². The topological polar surface area (TPSA) is 32.3 Å². The first-order chi connectivity index (χ1) is 15.2. The number of aliphatic hydroxyl groups excluding tert-OH is 1. The molecule has 0 aliphatic rings. The molecular weight excluding hydrogens is 402 g/mol. The largest absolute Gasteiger partial charge is 0.400 e. The van der Waals surface area contributed by atoms with Crippen LogP contribution in [0, 0.1) is 5.92 Å². The summed E-state index contributed by atoms with van der Waals surface area (Å²) >= 11 is 0. The zero-order valence-corrected chi connectivity index (χ0v) is 25.5. The fourth-order valence-corrected chi connectivity index (χ4v) is 1.95. The summed E-state index contributed by atoms with van der Waals surface area (Å²) in [6.07, 6.45) is 10.1. The highest BCUT2D eigenvalue weighted by molar-refractivity contribution is 5.22. The molecule has 208 valence electrons. The molecule has 0 saturated heterocycles. The second kappa shape index (κ2) is 63.3. The first-order valence-corrected chi connectivity index (χ1v) is 13.2. The van der Waals surface area contributed by atoms with Gasteiger partial charge in [0, 0.05) is 7.11 Å². The number of nitrogens with one attached hydrogen (secondary N) is 1. The van der Waals surface area contributed by atoms with Crippen LogP contribution in [0.15, 0.2) is 36.5 Å². The minimum absolute atomic E-state index is 0. The Morgan fingerprint density at radius 2 is 1.09 bits per heavy atom.